The highest BCUT2D eigenvalue weighted by molar-refractivity contribution is 6.36. The maximum atomic E-state index is 13.2. The van der Waals surface area contributed by atoms with E-state index < -0.39 is 17.8 Å². The molecule has 0 spiro atoms. The van der Waals surface area contributed by atoms with Gasteiger partial charge in [0, 0.05) is 30.3 Å². The van der Waals surface area contributed by atoms with E-state index in [1.165, 1.54) is 30.3 Å². The van der Waals surface area contributed by atoms with Crippen LogP contribution in [0.4, 0.5) is 14.9 Å². The van der Waals surface area contributed by atoms with Crippen molar-refractivity contribution in [3.05, 3.63) is 63.9 Å². The molecule has 1 atom stereocenters. The van der Waals surface area contributed by atoms with E-state index in [0.29, 0.717) is 30.3 Å². The van der Waals surface area contributed by atoms with E-state index in [-0.39, 0.29) is 29.0 Å². The fraction of sp³-hybridized carbons (Fsp3) is 0.318. The predicted molar refractivity (Wildman–Crippen MR) is 122 cm³/mol. The number of nitrogens with zero attached hydrogens (tertiary/aromatic N) is 1. The maximum absolute atomic E-state index is 13.2. The van der Waals surface area contributed by atoms with Crippen molar-refractivity contribution in [3.63, 3.8) is 0 Å². The molecule has 1 saturated heterocycles. The highest BCUT2D eigenvalue weighted by atomic mass is 35.5. The maximum Gasteiger partial charge on any atom is 0.319 e. The first-order valence-corrected chi connectivity index (χ1v) is 10.9. The highest BCUT2D eigenvalue weighted by Crippen LogP contribution is 2.21. The van der Waals surface area contributed by atoms with Crippen LogP contribution < -0.4 is 16.0 Å². The van der Waals surface area contributed by atoms with E-state index in [9.17, 15) is 18.8 Å². The van der Waals surface area contributed by atoms with Crippen molar-refractivity contribution < 1.29 is 18.8 Å². The second kappa shape index (κ2) is 11.2. The number of piperidine rings is 1. The number of likely N-dealkylation sites (tertiary alicyclic amines) is 1. The zero-order valence-electron chi connectivity index (χ0n) is 17.2. The number of amides is 4. The van der Waals surface area contributed by atoms with Crippen molar-refractivity contribution in [2.45, 2.75) is 12.8 Å². The topological polar surface area (TPSA) is 90.5 Å². The quantitative estimate of drug-likeness (QED) is 0.584. The van der Waals surface area contributed by atoms with Gasteiger partial charge in [0.25, 0.3) is 5.91 Å². The molecule has 0 aliphatic carbocycles. The molecule has 7 nitrogen and oxygen atoms in total. The van der Waals surface area contributed by atoms with Crippen molar-refractivity contribution >= 4 is 46.7 Å². The van der Waals surface area contributed by atoms with Gasteiger partial charge >= 0.3 is 6.03 Å². The van der Waals surface area contributed by atoms with Crippen molar-refractivity contribution in [2.75, 3.05) is 31.5 Å². The van der Waals surface area contributed by atoms with Gasteiger partial charge in [-0.15, -0.1) is 0 Å². The summed E-state index contributed by atoms with van der Waals surface area (Å²) in [5.41, 5.74) is 0.605. The Labute approximate surface area is 195 Å². The van der Waals surface area contributed by atoms with Crippen LogP contribution in [-0.4, -0.2) is 48.9 Å². The standard InChI is InChI=1S/C22H23Cl2FN4O3/c23-15-6-7-18(19(24)9-15)21(31)26-12-20(30)29-8-2-3-14(13-29)11-27-22(32)28-17-5-1-4-16(25)10-17/h1,4-7,9-10,14H,2-3,8,11-13H2,(H,26,31)(H2,27,28,32). The number of rotatable bonds is 6. The molecule has 32 heavy (non-hydrogen) atoms. The van der Waals surface area contributed by atoms with Crippen LogP contribution in [0.5, 0.6) is 0 Å². The van der Waals surface area contributed by atoms with Gasteiger partial charge in [0.05, 0.1) is 17.1 Å². The number of benzene rings is 2. The Morgan fingerprint density at radius 1 is 1.09 bits per heavy atom. The van der Waals surface area contributed by atoms with Crippen molar-refractivity contribution in [1.82, 2.24) is 15.5 Å². The Balaban J connectivity index is 1.44. The van der Waals surface area contributed by atoms with Crippen LogP contribution in [0, 0.1) is 11.7 Å². The number of carbonyl (C=O) groups is 3. The van der Waals surface area contributed by atoms with Gasteiger partial charge in [0.1, 0.15) is 5.82 Å². The molecule has 2 aromatic rings. The summed E-state index contributed by atoms with van der Waals surface area (Å²) in [4.78, 5) is 38.6. The van der Waals surface area contributed by atoms with Gasteiger partial charge in [-0.25, -0.2) is 9.18 Å². The van der Waals surface area contributed by atoms with Gasteiger partial charge in [0.15, 0.2) is 0 Å². The molecule has 1 heterocycles. The lowest BCUT2D eigenvalue weighted by Gasteiger charge is -2.33. The number of halogens is 3. The third-order valence-corrected chi connectivity index (χ3v) is 5.63. The van der Waals surface area contributed by atoms with Crippen LogP contribution in [-0.2, 0) is 4.79 Å². The van der Waals surface area contributed by atoms with E-state index in [0.717, 1.165) is 12.8 Å². The van der Waals surface area contributed by atoms with Crippen molar-refractivity contribution in [3.8, 4) is 0 Å². The van der Waals surface area contributed by atoms with Crippen molar-refractivity contribution in [2.24, 2.45) is 5.92 Å². The molecule has 0 aromatic heterocycles. The number of urea groups is 1. The molecule has 3 rings (SSSR count). The molecule has 2 aromatic carbocycles. The highest BCUT2D eigenvalue weighted by Gasteiger charge is 2.24. The van der Waals surface area contributed by atoms with Gasteiger partial charge in [-0.2, -0.15) is 0 Å². The van der Waals surface area contributed by atoms with E-state index in [4.69, 9.17) is 23.2 Å². The number of nitrogens with one attached hydrogen (secondary N) is 3. The molecule has 0 bridgehead atoms. The zero-order chi connectivity index (χ0) is 23.1. The molecule has 0 saturated carbocycles. The summed E-state index contributed by atoms with van der Waals surface area (Å²) in [5, 5.41) is 8.55. The van der Waals surface area contributed by atoms with E-state index in [1.54, 1.807) is 17.0 Å². The largest absolute Gasteiger partial charge is 0.343 e. The molecule has 10 heteroatoms. The van der Waals surface area contributed by atoms with Crippen LogP contribution in [0.3, 0.4) is 0 Å². The summed E-state index contributed by atoms with van der Waals surface area (Å²) >= 11 is 11.9. The summed E-state index contributed by atoms with van der Waals surface area (Å²) in [7, 11) is 0. The van der Waals surface area contributed by atoms with Crippen molar-refractivity contribution in [1.29, 1.82) is 0 Å². The lowest BCUT2D eigenvalue weighted by Crippen LogP contribution is -2.47. The first kappa shape index (κ1) is 23.8. The first-order chi connectivity index (χ1) is 15.3. The Bertz CT molecular complexity index is 1000. The summed E-state index contributed by atoms with van der Waals surface area (Å²) in [6, 6.07) is 9.71. The number of anilines is 1. The van der Waals surface area contributed by atoms with Gasteiger partial charge in [-0.3, -0.25) is 9.59 Å². The fourth-order valence-corrected chi connectivity index (χ4v) is 3.97. The summed E-state index contributed by atoms with van der Waals surface area (Å²) in [5.74, 6) is -1.02. The minimum atomic E-state index is -0.454. The van der Waals surface area contributed by atoms with Crippen LogP contribution >= 0.6 is 23.2 Å². The average molecular weight is 481 g/mol. The molecule has 1 fully saturated rings. The normalized spacial score (nSPS) is 15.7. The third kappa shape index (κ3) is 6.83. The fourth-order valence-electron chi connectivity index (χ4n) is 3.47. The average Bonchev–Trinajstić information content (AvgIpc) is 2.76. The summed E-state index contributed by atoms with van der Waals surface area (Å²) < 4.78 is 13.2. The zero-order valence-corrected chi connectivity index (χ0v) is 18.7. The molecular weight excluding hydrogens is 458 g/mol. The predicted octanol–water partition coefficient (Wildman–Crippen LogP) is 3.92. The van der Waals surface area contributed by atoms with Gasteiger partial charge in [-0.1, -0.05) is 29.3 Å². The molecule has 1 aliphatic rings. The van der Waals surface area contributed by atoms with Gasteiger partial charge < -0.3 is 20.9 Å². The molecule has 170 valence electrons. The first-order valence-electron chi connectivity index (χ1n) is 10.1. The Kier molecular flexibility index (Phi) is 8.30. The molecule has 1 unspecified atom stereocenters. The smallest absolute Gasteiger partial charge is 0.319 e. The third-order valence-electron chi connectivity index (χ3n) is 5.08. The molecule has 4 amide bonds. The van der Waals surface area contributed by atoms with Gasteiger partial charge in [-0.05, 0) is 55.2 Å². The van der Waals surface area contributed by atoms with E-state index >= 15 is 0 Å². The number of hydrogen-bond donors (Lipinski definition) is 3. The summed E-state index contributed by atoms with van der Waals surface area (Å²) in [6.07, 6.45) is 1.65. The second-order valence-electron chi connectivity index (χ2n) is 7.50. The Morgan fingerprint density at radius 2 is 1.91 bits per heavy atom. The minimum absolute atomic E-state index is 0.0763. The minimum Gasteiger partial charge on any atom is -0.343 e. The van der Waals surface area contributed by atoms with Gasteiger partial charge in [0.2, 0.25) is 5.91 Å². The van der Waals surface area contributed by atoms with E-state index in [2.05, 4.69) is 16.0 Å². The number of carbonyl (C=O) groups excluding carboxylic acids is 3. The molecule has 0 radical (unpaired) electrons. The van der Waals surface area contributed by atoms with Crippen LogP contribution in [0.25, 0.3) is 0 Å². The number of hydrogen-bond acceptors (Lipinski definition) is 3. The Morgan fingerprint density at radius 3 is 2.66 bits per heavy atom. The molecular formula is C22H23Cl2FN4O3. The Hall–Kier alpha value is -2.84. The lowest BCUT2D eigenvalue weighted by molar-refractivity contribution is -0.131. The molecule has 1 aliphatic heterocycles. The van der Waals surface area contributed by atoms with Crippen LogP contribution in [0.2, 0.25) is 10.0 Å². The second-order valence-corrected chi connectivity index (χ2v) is 8.34. The van der Waals surface area contributed by atoms with E-state index in [1.807, 2.05) is 0 Å². The monoisotopic (exact) mass is 480 g/mol. The molecule has 3 N–H and O–H groups in total. The summed E-state index contributed by atoms with van der Waals surface area (Å²) in [6.45, 7) is 1.27. The SMILES string of the molecule is O=C(NCC1CCCN(C(=O)CNC(=O)c2ccc(Cl)cc2Cl)C1)Nc1cccc(F)c1. The lowest BCUT2D eigenvalue weighted by atomic mass is 9.98. The van der Waals surface area contributed by atoms with Crippen LogP contribution in [0.1, 0.15) is 23.2 Å². The van der Waals surface area contributed by atoms with Crippen LogP contribution in [0.15, 0.2) is 42.5 Å².